The molecule has 6 aliphatic carbocycles. The number of nitrogens with zero attached hydrogens (tertiary/aromatic N) is 2. The summed E-state index contributed by atoms with van der Waals surface area (Å²) in [5.41, 5.74) is 45.4. The zero-order valence-electron chi connectivity index (χ0n) is 65.3. The number of hydrogen-bond donors (Lipinski definition) is 0. The van der Waals surface area contributed by atoms with Crippen LogP contribution in [0.4, 0.5) is 34.1 Å². The van der Waals surface area contributed by atoms with Gasteiger partial charge in [-0.1, -0.05) is 325 Å². The molecule has 1 aromatic heterocycles. The summed E-state index contributed by atoms with van der Waals surface area (Å²) in [5.74, 6) is 0. The van der Waals surface area contributed by atoms with Crippen LogP contribution in [0.2, 0.25) is 0 Å². The average molecular weight is 1490 g/mol. The monoisotopic (exact) mass is 1490 g/mol. The maximum atomic E-state index is 6.73. The molecule has 19 aromatic rings. The summed E-state index contributed by atoms with van der Waals surface area (Å²) in [7, 11) is 0. The van der Waals surface area contributed by atoms with Crippen molar-refractivity contribution < 1.29 is 4.42 Å². The van der Waals surface area contributed by atoms with Crippen LogP contribution >= 0.6 is 0 Å². The smallest absolute Gasteiger partial charge is 0.137 e. The van der Waals surface area contributed by atoms with Crippen molar-refractivity contribution in [1.29, 1.82) is 0 Å². The average Bonchev–Trinajstić information content (AvgIpc) is 1.51. The van der Waals surface area contributed by atoms with Crippen molar-refractivity contribution in [3.8, 4) is 100 Å². The van der Waals surface area contributed by atoms with Crippen LogP contribution in [0.25, 0.3) is 133 Å². The van der Waals surface area contributed by atoms with E-state index in [9.17, 15) is 0 Å². The standard InChI is InChI=1S/C114H76N2O/c1-111(2)95-37-14-7-31-87(95)90-35-21-33-80(109(90)111)71-49-55-76(56-50-71)116(105-43-23-45-107-108(105)92-32-13-20-44-106(92)117-107)79-59-61-89-93-65-74(52-63-102(93)114(104(89)68-79)99-40-17-10-28-84(99)85-29-11-18-41-100(85)114)73-51-62-96-94(66-73)91-36-22-34-81(110(91)112(96,3)4)70-47-53-75(54-48-70)115(77-57-46-69-24-5-6-25-72(69)64-77)78-58-60-88-86-30-12-19-42-101(86)113(103(88)67-78)97-38-15-8-26-82(97)83-27-9-16-39-98(83)113/h5-68H,1-4H3. The Morgan fingerprint density at radius 2 is 0.547 bits per heavy atom. The van der Waals surface area contributed by atoms with Gasteiger partial charge in [-0.25, -0.2) is 0 Å². The fourth-order valence-corrected chi connectivity index (χ4v) is 22.8. The van der Waals surface area contributed by atoms with Crippen molar-refractivity contribution >= 4 is 66.8 Å². The zero-order valence-corrected chi connectivity index (χ0v) is 65.3. The van der Waals surface area contributed by atoms with Crippen LogP contribution in [-0.4, -0.2) is 0 Å². The Morgan fingerprint density at radius 3 is 1.09 bits per heavy atom. The molecule has 0 fully saturated rings. The zero-order chi connectivity index (χ0) is 77.4. The van der Waals surface area contributed by atoms with E-state index in [0.29, 0.717) is 0 Å². The van der Waals surface area contributed by atoms with Crippen LogP contribution in [0, 0.1) is 0 Å². The third-order valence-electron chi connectivity index (χ3n) is 27.6. The van der Waals surface area contributed by atoms with Gasteiger partial charge in [0, 0.05) is 44.7 Å². The quantitative estimate of drug-likeness (QED) is 0.144. The van der Waals surface area contributed by atoms with Gasteiger partial charge in [-0.3, -0.25) is 0 Å². The Kier molecular flexibility index (Phi) is 13.6. The molecule has 0 bridgehead atoms. The summed E-state index contributed by atoms with van der Waals surface area (Å²) < 4.78 is 6.73. The molecule has 0 amide bonds. The fraction of sp³-hybridized carbons (Fsp3) is 0.0702. The molecule has 0 aliphatic heterocycles. The minimum absolute atomic E-state index is 0.163. The van der Waals surface area contributed by atoms with E-state index in [4.69, 9.17) is 4.42 Å². The molecule has 0 N–H and O–H groups in total. The number of anilines is 6. The second kappa shape index (κ2) is 24.1. The highest BCUT2D eigenvalue weighted by Crippen LogP contribution is 2.67. The number of para-hydroxylation sites is 1. The molecule has 6 aliphatic rings. The lowest BCUT2D eigenvalue weighted by Gasteiger charge is -2.32. The van der Waals surface area contributed by atoms with Gasteiger partial charge in [0.05, 0.1) is 21.9 Å². The van der Waals surface area contributed by atoms with Gasteiger partial charge in [0.2, 0.25) is 0 Å². The van der Waals surface area contributed by atoms with E-state index in [1.807, 2.05) is 0 Å². The Morgan fingerprint density at radius 1 is 0.205 bits per heavy atom. The summed E-state index contributed by atoms with van der Waals surface area (Å²) in [6.45, 7) is 9.62. The van der Waals surface area contributed by atoms with E-state index < -0.39 is 10.8 Å². The summed E-state index contributed by atoms with van der Waals surface area (Å²) in [4.78, 5) is 4.97. The Bertz CT molecular complexity index is 7420. The van der Waals surface area contributed by atoms with Gasteiger partial charge < -0.3 is 14.2 Å². The molecule has 1 heterocycles. The predicted molar refractivity (Wildman–Crippen MR) is 485 cm³/mol. The van der Waals surface area contributed by atoms with E-state index in [0.717, 1.165) is 56.1 Å². The van der Waals surface area contributed by atoms with Crippen molar-refractivity contribution in [2.24, 2.45) is 0 Å². The lowest BCUT2D eigenvalue weighted by molar-refractivity contribution is 0.662. The van der Waals surface area contributed by atoms with Crippen molar-refractivity contribution in [2.45, 2.75) is 49.4 Å². The normalized spacial score (nSPS) is 14.6. The molecule has 0 saturated carbocycles. The minimum atomic E-state index is -0.618. The van der Waals surface area contributed by atoms with Gasteiger partial charge in [-0.2, -0.15) is 0 Å². The summed E-state index contributed by atoms with van der Waals surface area (Å²) >= 11 is 0. The number of furan rings is 1. The molecule has 0 saturated heterocycles. The topological polar surface area (TPSA) is 19.6 Å². The Balaban J connectivity index is 0.606. The van der Waals surface area contributed by atoms with E-state index >= 15 is 0 Å². The molecule has 18 aromatic carbocycles. The molecule has 3 nitrogen and oxygen atoms in total. The second-order valence-corrected chi connectivity index (χ2v) is 34.0. The van der Waals surface area contributed by atoms with Gasteiger partial charge >= 0.3 is 0 Å². The van der Waals surface area contributed by atoms with E-state index in [1.54, 1.807) is 0 Å². The first-order valence-electron chi connectivity index (χ1n) is 41.2. The summed E-state index contributed by atoms with van der Waals surface area (Å²) in [6, 6.07) is 147. The lowest BCUT2D eigenvalue weighted by Crippen LogP contribution is -2.26. The molecule has 548 valence electrons. The Labute approximate surface area is 681 Å². The molecule has 2 spiro atoms. The van der Waals surface area contributed by atoms with Crippen molar-refractivity contribution in [2.75, 3.05) is 9.80 Å². The second-order valence-electron chi connectivity index (χ2n) is 34.0. The highest BCUT2D eigenvalue weighted by atomic mass is 16.3. The van der Waals surface area contributed by atoms with Crippen LogP contribution < -0.4 is 9.80 Å². The molecular weight excluding hydrogens is 1410 g/mol. The number of hydrogen-bond acceptors (Lipinski definition) is 3. The van der Waals surface area contributed by atoms with Crippen molar-refractivity contribution in [1.82, 2.24) is 0 Å². The number of rotatable bonds is 9. The number of fused-ring (bicyclic) bond motifs is 30. The van der Waals surface area contributed by atoms with Gasteiger partial charge in [0.25, 0.3) is 0 Å². The van der Waals surface area contributed by atoms with E-state index in [2.05, 4.69) is 426 Å². The molecule has 0 atom stereocenters. The van der Waals surface area contributed by atoms with Crippen molar-refractivity contribution in [3.05, 3.63) is 455 Å². The van der Waals surface area contributed by atoms with Crippen molar-refractivity contribution in [3.63, 3.8) is 0 Å². The van der Waals surface area contributed by atoms with Crippen LogP contribution in [-0.2, 0) is 21.7 Å². The summed E-state index contributed by atoms with van der Waals surface area (Å²) in [6.07, 6.45) is 0. The lowest BCUT2D eigenvalue weighted by atomic mass is 9.70. The molecule has 3 heteroatoms. The first-order valence-corrected chi connectivity index (χ1v) is 41.2. The maximum Gasteiger partial charge on any atom is 0.137 e. The third kappa shape index (κ3) is 8.90. The largest absolute Gasteiger partial charge is 0.456 e. The first-order chi connectivity index (χ1) is 57.5. The maximum absolute atomic E-state index is 6.73. The van der Waals surface area contributed by atoms with E-state index in [-0.39, 0.29) is 10.8 Å². The molecule has 25 rings (SSSR count). The first kappa shape index (κ1) is 66.1. The molecule has 0 radical (unpaired) electrons. The predicted octanol–water partition coefficient (Wildman–Crippen LogP) is 30.0. The SMILES string of the molecule is CC1(C)c2ccccc2-c2cccc(-c3ccc(N(c4ccc5c(c4)C4(c6ccccc6-c6ccccc64)c4ccc(-c6ccc7c(c6)-c6cccc(-c8ccc(N(c9ccc%10c(c9)C9(c%11ccccc%11-c%11ccccc%119)c9ccccc9-%10)c9ccc%10ccccc%10c9)cc8)c6C7(C)C)cc4-5)c4cccc5oc6ccccc6c45)cc3)c21. The summed E-state index contributed by atoms with van der Waals surface area (Å²) in [5, 5.41) is 4.59. The van der Waals surface area contributed by atoms with Crippen LogP contribution in [0.3, 0.4) is 0 Å². The molecule has 0 unspecified atom stereocenters. The highest BCUT2D eigenvalue weighted by molar-refractivity contribution is 6.14. The molecule has 117 heavy (non-hydrogen) atoms. The van der Waals surface area contributed by atoms with Gasteiger partial charge in [0.15, 0.2) is 0 Å². The number of benzene rings is 18. The molecular formula is C114H76N2O. The van der Waals surface area contributed by atoms with Gasteiger partial charge in [-0.15, -0.1) is 0 Å². The van der Waals surface area contributed by atoms with Gasteiger partial charge in [-0.05, 0) is 269 Å². The third-order valence-corrected chi connectivity index (χ3v) is 27.6. The van der Waals surface area contributed by atoms with Crippen LogP contribution in [0.1, 0.15) is 94.5 Å². The Hall–Kier alpha value is -14.4. The van der Waals surface area contributed by atoms with Crippen LogP contribution in [0.15, 0.2) is 393 Å². The van der Waals surface area contributed by atoms with Gasteiger partial charge in [0.1, 0.15) is 11.2 Å². The highest BCUT2D eigenvalue weighted by Gasteiger charge is 2.54. The van der Waals surface area contributed by atoms with E-state index in [1.165, 1.54) is 178 Å². The fourth-order valence-electron chi connectivity index (χ4n) is 22.8. The minimum Gasteiger partial charge on any atom is -0.456 e. The van der Waals surface area contributed by atoms with Crippen LogP contribution in [0.5, 0.6) is 0 Å².